The van der Waals surface area contributed by atoms with Crippen molar-refractivity contribution in [2.45, 2.75) is 56.8 Å². The van der Waals surface area contributed by atoms with Crippen molar-refractivity contribution in [2.75, 3.05) is 5.33 Å². The van der Waals surface area contributed by atoms with Gasteiger partial charge in [0.15, 0.2) is 0 Å². The SMILES string of the molecule is BrCCCCCCCCCC(c1ccccc1)(c1ccccc1)c1ccccc1.P. The maximum absolute atomic E-state index is 3.53. The molecule has 0 aromatic heterocycles. The second kappa shape index (κ2) is 13.8. The molecule has 0 saturated heterocycles. The molecule has 0 bridgehead atoms. The van der Waals surface area contributed by atoms with Gasteiger partial charge in [-0.2, -0.15) is 9.90 Å². The lowest BCUT2D eigenvalue weighted by Gasteiger charge is -2.36. The summed E-state index contributed by atoms with van der Waals surface area (Å²) < 4.78 is 0. The Labute approximate surface area is 195 Å². The van der Waals surface area contributed by atoms with Crippen molar-refractivity contribution in [1.82, 2.24) is 0 Å². The number of unbranched alkanes of at least 4 members (excludes halogenated alkanes) is 6. The van der Waals surface area contributed by atoms with E-state index in [-0.39, 0.29) is 15.3 Å². The highest BCUT2D eigenvalue weighted by Gasteiger charge is 2.35. The van der Waals surface area contributed by atoms with E-state index in [1.54, 1.807) is 0 Å². The van der Waals surface area contributed by atoms with Crippen LogP contribution in [0.4, 0.5) is 0 Å². The minimum absolute atomic E-state index is 0. The van der Waals surface area contributed by atoms with Crippen LogP contribution in [-0.4, -0.2) is 5.33 Å². The molecule has 30 heavy (non-hydrogen) atoms. The van der Waals surface area contributed by atoms with Crippen molar-refractivity contribution in [1.29, 1.82) is 0 Å². The average Bonchev–Trinajstić information content (AvgIpc) is 2.80. The smallest absolute Gasteiger partial charge is 0.0451 e. The molecule has 1 atom stereocenters. The predicted molar refractivity (Wildman–Crippen MR) is 141 cm³/mol. The third-order valence-corrected chi connectivity index (χ3v) is 6.55. The predicted octanol–water partition coefficient (Wildman–Crippen LogP) is 8.59. The highest BCUT2D eigenvalue weighted by Crippen LogP contribution is 2.43. The number of hydrogen-bond acceptors (Lipinski definition) is 0. The van der Waals surface area contributed by atoms with Crippen LogP contribution in [0, 0.1) is 0 Å². The minimum Gasteiger partial charge on any atom is -0.153 e. The summed E-state index contributed by atoms with van der Waals surface area (Å²) in [7, 11) is 0. The molecular weight excluding hydrogens is 447 g/mol. The van der Waals surface area contributed by atoms with E-state index in [1.807, 2.05) is 0 Å². The second-order valence-corrected chi connectivity index (χ2v) is 8.71. The van der Waals surface area contributed by atoms with Gasteiger partial charge in [0.05, 0.1) is 0 Å². The Kier molecular flexibility index (Phi) is 11.4. The zero-order valence-corrected chi connectivity index (χ0v) is 21.1. The van der Waals surface area contributed by atoms with Gasteiger partial charge in [0.1, 0.15) is 0 Å². The number of alkyl halides is 1. The Morgan fingerprint density at radius 1 is 0.467 bits per heavy atom. The molecule has 0 aliphatic carbocycles. The average molecular weight is 483 g/mol. The van der Waals surface area contributed by atoms with Crippen LogP contribution in [-0.2, 0) is 5.41 Å². The van der Waals surface area contributed by atoms with Crippen LogP contribution >= 0.6 is 25.8 Å². The molecule has 0 heterocycles. The quantitative estimate of drug-likeness (QED) is 0.105. The van der Waals surface area contributed by atoms with E-state index in [4.69, 9.17) is 0 Å². The van der Waals surface area contributed by atoms with Gasteiger partial charge >= 0.3 is 0 Å². The summed E-state index contributed by atoms with van der Waals surface area (Å²) in [4.78, 5) is 0. The van der Waals surface area contributed by atoms with Crippen LogP contribution < -0.4 is 0 Å². The van der Waals surface area contributed by atoms with Crippen LogP contribution in [0.1, 0.15) is 68.1 Å². The molecule has 2 heteroatoms. The summed E-state index contributed by atoms with van der Waals surface area (Å²) in [6, 6.07) is 33.3. The molecule has 3 aromatic rings. The van der Waals surface area contributed by atoms with Gasteiger partial charge in [-0.25, -0.2) is 0 Å². The van der Waals surface area contributed by atoms with E-state index in [1.165, 1.54) is 61.6 Å². The number of halogens is 1. The Bertz CT molecular complexity index is 705. The number of hydrogen-bond donors (Lipinski definition) is 0. The minimum atomic E-state index is -0.0836. The fourth-order valence-corrected chi connectivity index (χ4v) is 4.87. The molecule has 1 unspecified atom stereocenters. The Morgan fingerprint density at radius 2 is 0.800 bits per heavy atom. The first kappa shape index (κ1) is 24.8. The van der Waals surface area contributed by atoms with Crippen molar-refractivity contribution in [3.8, 4) is 0 Å². The van der Waals surface area contributed by atoms with E-state index < -0.39 is 0 Å². The van der Waals surface area contributed by atoms with E-state index >= 15 is 0 Å². The molecule has 0 N–H and O–H groups in total. The Hall–Kier alpha value is -1.43. The van der Waals surface area contributed by atoms with E-state index in [9.17, 15) is 0 Å². The van der Waals surface area contributed by atoms with Gasteiger partial charge in [-0.05, 0) is 29.5 Å². The summed E-state index contributed by atoms with van der Waals surface area (Å²) >= 11 is 3.53. The highest BCUT2D eigenvalue weighted by atomic mass is 79.9. The van der Waals surface area contributed by atoms with E-state index in [0.717, 1.165) is 11.8 Å². The van der Waals surface area contributed by atoms with Crippen LogP contribution in [0.15, 0.2) is 91.0 Å². The molecule has 160 valence electrons. The molecular formula is C28H36BrP. The van der Waals surface area contributed by atoms with Crippen molar-refractivity contribution in [3.63, 3.8) is 0 Å². The van der Waals surface area contributed by atoms with E-state index in [0.29, 0.717) is 0 Å². The van der Waals surface area contributed by atoms with E-state index in [2.05, 4.69) is 107 Å². The van der Waals surface area contributed by atoms with Crippen molar-refractivity contribution in [3.05, 3.63) is 108 Å². The number of rotatable bonds is 12. The maximum Gasteiger partial charge on any atom is 0.0451 e. The lowest BCUT2D eigenvalue weighted by molar-refractivity contribution is 0.497. The largest absolute Gasteiger partial charge is 0.153 e. The molecule has 3 rings (SSSR count). The summed E-state index contributed by atoms with van der Waals surface area (Å²) in [5.74, 6) is 0. The van der Waals surface area contributed by atoms with Gasteiger partial charge in [0.25, 0.3) is 0 Å². The Balaban J connectivity index is 0.00000320. The molecule has 0 aliphatic heterocycles. The molecule has 0 nitrogen and oxygen atoms in total. The van der Waals surface area contributed by atoms with Crippen molar-refractivity contribution < 1.29 is 0 Å². The lowest BCUT2D eigenvalue weighted by atomic mass is 9.66. The van der Waals surface area contributed by atoms with Gasteiger partial charge < -0.3 is 0 Å². The summed E-state index contributed by atoms with van der Waals surface area (Å²) in [5.41, 5.74) is 4.11. The fourth-order valence-electron chi connectivity index (χ4n) is 4.47. The normalized spacial score (nSPS) is 11.1. The Morgan fingerprint density at radius 3 is 1.17 bits per heavy atom. The van der Waals surface area contributed by atoms with Crippen molar-refractivity contribution >= 4 is 25.8 Å². The van der Waals surface area contributed by atoms with Crippen LogP contribution in [0.5, 0.6) is 0 Å². The molecule has 0 amide bonds. The van der Waals surface area contributed by atoms with Crippen LogP contribution in [0.2, 0.25) is 0 Å². The zero-order chi connectivity index (χ0) is 20.2. The van der Waals surface area contributed by atoms with Gasteiger partial charge in [-0.1, -0.05) is 145 Å². The molecule has 0 aliphatic rings. The molecule has 3 aromatic carbocycles. The first-order valence-corrected chi connectivity index (χ1v) is 12.2. The monoisotopic (exact) mass is 482 g/mol. The first-order chi connectivity index (χ1) is 14.4. The molecule has 0 radical (unpaired) electrons. The fraction of sp³-hybridized carbons (Fsp3) is 0.357. The summed E-state index contributed by atoms with van der Waals surface area (Å²) in [6.45, 7) is 0. The summed E-state index contributed by atoms with van der Waals surface area (Å²) in [5, 5.41) is 1.14. The van der Waals surface area contributed by atoms with Gasteiger partial charge in [0.2, 0.25) is 0 Å². The molecule has 0 fully saturated rings. The summed E-state index contributed by atoms with van der Waals surface area (Å²) in [6.07, 6.45) is 10.4. The maximum atomic E-state index is 3.53. The van der Waals surface area contributed by atoms with Gasteiger partial charge in [0, 0.05) is 10.7 Å². The zero-order valence-electron chi connectivity index (χ0n) is 18.1. The second-order valence-electron chi connectivity index (χ2n) is 7.92. The topological polar surface area (TPSA) is 0 Å². The van der Waals surface area contributed by atoms with Crippen molar-refractivity contribution in [2.24, 2.45) is 0 Å². The molecule has 0 saturated carbocycles. The van der Waals surface area contributed by atoms with Gasteiger partial charge in [-0.3, -0.25) is 0 Å². The standard InChI is InChI=1S/C28H33Br.H3P/c29-24-16-5-3-1-2-4-15-23-28(25-17-9-6-10-18-25,26-19-11-7-12-20-26)27-21-13-8-14-22-27;/h6-14,17-22H,1-5,15-16,23-24H2;1H3. The highest BCUT2D eigenvalue weighted by molar-refractivity contribution is 9.09. The number of benzene rings is 3. The first-order valence-electron chi connectivity index (χ1n) is 11.1. The van der Waals surface area contributed by atoms with Crippen LogP contribution in [0.25, 0.3) is 0 Å². The third kappa shape index (κ3) is 6.53. The molecule has 0 spiro atoms. The van der Waals surface area contributed by atoms with Gasteiger partial charge in [-0.15, -0.1) is 0 Å². The lowest BCUT2D eigenvalue weighted by Crippen LogP contribution is -2.29. The van der Waals surface area contributed by atoms with Crippen LogP contribution in [0.3, 0.4) is 0 Å². The third-order valence-electron chi connectivity index (χ3n) is 5.99.